The SMILES string of the molecule is COc1cc(F)ccc1-c1ccc2c(c1COc1cc(F)ccc1C(C)=O)C(C)=CC(C)(C)N2. The van der Waals surface area contributed by atoms with Crippen LogP contribution in [0.25, 0.3) is 16.7 Å². The molecule has 0 spiro atoms. The summed E-state index contributed by atoms with van der Waals surface area (Å²) in [5, 5.41) is 3.52. The van der Waals surface area contributed by atoms with Crippen molar-refractivity contribution >= 4 is 17.0 Å². The van der Waals surface area contributed by atoms with Crippen LogP contribution in [0.5, 0.6) is 11.5 Å². The van der Waals surface area contributed by atoms with Crippen LogP contribution >= 0.6 is 0 Å². The smallest absolute Gasteiger partial charge is 0.163 e. The summed E-state index contributed by atoms with van der Waals surface area (Å²) >= 11 is 0. The van der Waals surface area contributed by atoms with Crippen molar-refractivity contribution in [2.45, 2.75) is 39.8 Å². The molecule has 0 saturated heterocycles. The van der Waals surface area contributed by atoms with Gasteiger partial charge in [0.2, 0.25) is 0 Å². The van der Waals surface area contributed by atoms with Crippen LogP contribution in [-0.4, -0.2) is 18.4 Å². The molecule has 0 unspecified atom stereocenters. The van der Waals surface area contributed by atoms with Crippen molar-refractivity contribution in [2.24, 2.45) is 0 Å². The maximum absolute atomic E-state index is 14.0. The normalized spacial score (nSPS) is 14.0. The van der Waals surface area contributed by atoms with Crippen molar-refractivity contribution in [1.82, 2.24) is 0 Å². The number of methoxy groups -OCH3 is 1. The van der Waals surface area contributed by atoms with Crippen LogP contribution in [0, 0.1) is 11.6 Å². The van der Waals surface area contributed by atoms with E-state index in [9.17, 15) is 13.6 Å². The number of fused-ring (bicyclic) bond motifs is 1. The van der Waals surface area contributed by atoms with E-state index in [-0.39, 0.29) is 23.7 Å². The van der Waals surface area contributed by atoms with E-state index in [1.807, 2.05) is 19.1 Å². The van der Waals surface area contributed by atoms with Gasteiger partial charge in [0.05, 0.1) is 18.2 Å². The van der Waals surface area contributed by atoms with Gasteiger partial charge in [-0.25, -0.2) is 8.78 Å². The van der Waals surface area contributed by atoms with Gasteiger partial charge in [0.1, 0.15) is 29.7 Å². The minimum absolute atomic E-state index is 0.0655. The molecule has 0 bridgehead atoms. The van der Waals surface area contributed by atoms with Gasteiger partial charge in [0.15, 0.2) is 5.78 Å². The molecule has 4 rings (SSSR count). The summed E-state index contributed by atoms with van der Waals surface area (Å²) in [6, 6.07) is 12.2. The molecule has 4 nitrogen and oxygen atoms in total. The Morgan fingerprint density at radius 3 is 2.29 bits per heavy atom. The lowest BCUT2D eigenvalue weighted by Crippen LogP contribution is -2.32. The Bertz CT molecular complexity index is 1310. The molecule has 0 atom stereocenters. The monoisotopic (exact) mass is 463 g/mol. The van der Waals surface area contributed by atoms with E-state index < -0.39 is 11.6 Å². The van der Waals surface area contributed by atoms with Crippen LogP contribution in [0.3, 0.4) is 0 Å². The molecule has 1 heterocycles. The molecule has 0 aromatic heterocycles. The maximum atomic E-state index is 14.0. The van der Waals surface area contributed by atoms with E-state index in [1.54, 1.807) is 6.07 Å². The lowest BCUT2D eigenvalue weighted by atomic mass is 9.85. The number of anilines is 1. The van der Waals surface area contributed by atoms with Crippen molar-refractivity contribution < 1.29 is 23.0 Å². The second-order valence-corrected chi connectivity index (χ2v) is 9.02. The molecule has 1 N–H and O–H groups in total. The number of hydrogen-bond donors (Lipinski definition) is 1. The Kier molecular flexibility index (Phi) is 6.17. The fourth-order valence-electron chi connectivity index (χ4n) is 4.55. The van der Waals surface area contributed by atoms with Crippen LogP contribution in [0.15, 0.2) is 54.6 Å². The third kappa shape index (κ3) is 4.53. The molecule has 1 aliphatic heterocycles. The van der Waals surface area contributed by atoms with Crippen molar-refractivity contribution in [3.63, 3.8) is 0 Å². The lowest BCUT2D eigenvalue weighted by Gasteiger charge is -2.33. The summed E-state index contributed by atoms with van der Waals surface area (Å²) in [6.07, 6.45) is 2.13. The van der Waals surface area contributed by atoms with Gasteiger partial charge in [-0.1, -0.05) is 12.1 Å². The Morgan fingerprint density at radius 1 is 0.971 bits per heavy atom. The van der Waals surface area contributed by atoms with Crippen molar-refractivity contribution in [1.29, 1.82) is 0 Å². The number of Topliss-reactive ketones (excluding diaryl/α,β-unsaturated/α-hetero) is 1. The number of benzene rings is 3. The largest absolute Gasteiger partial charge is 0.496 e. The zero-order valence-electron chi connectivity index (χ0n) is 19.9. The molecule has 0 fully saturated rings. The van der Waals surface area contributed by atoms with Crippen molar-refractivity contribution in [3.8, 4) is 22.6 Å². The molecule has 3 aromatic carbocycles. The van der Waals surface area contributed by atoms with Crippen LogP contribution < -0.4 is 14.8 Å². The van der Waals surface area contributed by atoms with E-state index in [0.717, 1.165) is 28.0 Å². The molecule has 176 valence electrons. The first-order chi connectivity index (χ1) is 16.1. The van der Waals surface area contributed by atoms with E-state index in [4.69, 9.17) is 9.47 Å². The molecular weight excluding hydrogens is 436 g/mol. The summed E-state index contributed by atoms with van der Waals surface area (Å²) in [5.74, 6) is -0.545. The molecule has 0 saturated carbocycles. The van der Waals surface area contributed by atoms with Crippen LogP contribution in [0.1, 0.15) is 49.2 Å². The number of hydrogen-bond acceptors (Lipinski definition) is 4. The van der Waals surface area contributed by atoms with Gasteiger partial charge in [0.25, 0.3) is 0 Å². The van der Waals surface area contributed by atoms with Gasteiger partial charge in [-0.2, -0.15) is 0 Å². The highest BCUT2D eigenvalue weighted by atomic mass is 19.1. The fourth-order valence-corrected chi connectivity index (χ4v) is 4.55. The Morgan fingerprint density at radius 2 is 1.62 bits per heavy atom. The quantitative estimate of drug-likeness (QED) is 0.399. The highest BCUT2D eigenvalue weighted by Crippen LogP contribution is 2.43. The molecule has 0 aliphatic carbocycles. The number of rotatable bonds is 6. The summed E-state index contributed by atoms with van der Waals surface area (Å²) in [6.45, 7) is 7.67. The standard InChI is InChI=1S/C28H27F2NO3/c1-16-14-28(3,4)31-24-11-10-21(22-9-7-18(29)12-25(22)33-5)23(27(16)24)15-34-26-13-19(30)6-8-20(26)17(2)32/h6-14,31H,15H2,1-5H3. The van der Waals surface area contributed by atoms with Crippen molar-refractivity contribution in [2.75, 3.05) is 12.4 Å². The van der Waals surface area contributed by atoms with Crippen LogP contribution in [-0.2, 0) is 6.61 Å². The third-order valence-corrected chi connectivity index (χ3v) is 5.89. The van der Waals surface area contributed by atoms with E-state index in [1.165, 1.54) is 44.4 Å². The molecule has 6 heteroatoms. The second-order valence-electron chi connectivity index (χ2n) is 9.02. The average Bonchev–Trinajstić information content (AvgIpc) is 2.76. The van der Waals surface area contributed by atoms with Gasteiger partial charge < -0.3 is 14.8 Å². The zero-order valence-corrected chi connectivity index (χ0v) is 19.9. The maximum Gasteiger partial charge on any atom is 0.163 e. The molecule has 0 radical (unpaired) electrons. The van der Waals surface area contributed by atoms with Gasteiger partial charge in [0, 0.05) is 34.5 Å². The minimum atomic E-state index is -0.491. The Hall–Kier alpha value is -3.67. The summed E-state index contributed by atoms with van der Waals surface area (Å²) in [4.78, 5) is 12.1. The van der Waals surface area contributed by atoms with Crippen LogP contribution in [0.2, 0.25) is 0 Å². The first-order valence-electron chi connectivity index (χ1n) is 11.0. The van der Waals surface area contributed by atoms with Crippen molar-refractivity contribution in [3.05, 3.63) is 82.9 Å². The first kappa shape index (κ1) is 23.5. The van der Waals surface area contributed by atoms with Gasteiger partial charge in [-0.3, -0.25) is 4.79 Å². The van der Waals surface area contributed by atoms with E-state index in [2.05, 4.69) is 25.2 Å². The Balaban J connectivity index is 1.88. The highest BCUT2D eigenvalue weighted by molar-refractivity contribution is 5.96. The third-order valence-electron chi connectivity index (χ3n) is 5.89. The van der Waals surface area contributed by atoms with Gasteiger partial charge >= 0.3 is 0 Å². The van der Waals surface area contributed by atoms with E-state index >= 15 is 0 Å². The molecule has 0 amide bonds. The number of nitrogens with one attached hydrogen (secondary N) is 1. The Labute approximate surface area is 198 Å². The average molecular weight is 464 g/mol. The second kappa shape index (κ2) is 8.93. The molecule has 34 heavy (non-hydrogen) atoms. The number of ether oxygens (including phenoxy) is 2. The molecular formula is C28H27F2NO3. The number of ketones is 1. The number of carbonyl (C=O) groups excluding carboxylic acids is 1. The van der Waals surface area contributed by atoms with Crippen LogP contribution in [0.4, 0.5) is 14.5 Å². The molecule has 3 aromatic rings. The number of allylic oxidation sites excluding steroid dienone is 1. The zero-order chi connectivity index (χ0) is 24.6. The number of halogens is 2. The predicted octanol–water partition coefficient (Wildman–Crippen LogP) is 7.03. The summed E-state index contributed by atoms with van der Waals surface area (Å²) < 4.78 is 39.4. The summed E-state index contributed by atoms with van der Waals surface area (Å²) in [5.41, 5.74) is 5.31. The highest BCUT2D eigenvalue weighted by Gasteiger charge is 2.27. The van der Waals surface area contributed by atoms with Gasteiger partial charge in [-0.15, -0.1) is 0 Å². The fraction of sp³-hybridized carbons (Fsp3) is 0.250. The lowest BCUT2D eigenvalue weighted by molar-refractivity contribution is 0.101. The van der Waals surface area contributed by atoms with E-state index in [0.29, 0.717) is 16.9 Å². The van der Waals surface area contributed by atoms with Gasteiger partial charge in [-0.05, 0) is 69.2 Å². The topological polar surface area (TPSA) is 47.6 Å². The molecule has 1 aliphatic rings. The minimum Gasteiger partial charge on any atom is -0.496 e. The summed E-state index contributed by atoms with van der Waals surface area (Å²) in [7, 11) is 1.49. The number of carbonyl (C=O) groups is 1. The first-order valence-corrected chi connectivity index (χ1v) is 11.0. The predicted molar refractivity (Wildman–Crippen MR) is 130 cm³/mol.